The third-order valence-electron chi connectivity index (χ3n) is 4.49. The predicted molar refractivity (Wildman–Crippen MR) is 65.7 cm³/mol. The number of carbonyl (C=O) groups excluding carboxylic acids is 1. The topological polar surface area (TPSA) is 29.5 Å². The van der Waals surface area contributed by atoms with Gasteiger partial charge in [-0.1, -0.05) is 12.8 Å². The Balaban J connectivity index is 1.85. The molecule has 1 saturated carbocycles. The first-order valence-corrected chi connectivity index (χ1v) is 6.96. The highest BCUT2D eigenvalue weighted by molar-refractivity contribution is 6.01. The number of hydrogen-bond acceptors (Lipinski definition) is 3. The second-order valence-corrected chi connectivity index (χ2v) is 5.47. The van der Waals surface area contributed by atoms with Crippen LogP contribution < -0.4 is 0 Å². The maximum atomic E-state index is 12.7. The minimum Gasteiger partial charge on any atom is -0.490 e. The first kappa shape index (κ1) is 11.3. The van der Waals surface area contributed by atoms with E-state index < -0.39 is 0 Å². The lowest BCUT2D eigenvalue weighted by atomic mass is 9.88. The normalized spacial score (nSPS) is 28.1. The summed E-state index contributed by atoms with van der Waals surface area (Å²) < 4.78 is 5.50. The Kier molecular flexibility index (Phi) is 2.95. The van der Waals surface area contributed by atoms with Gasteiger partial charge in [0, 0.05) is 6.42 Å². The van der Waals surface area contributed by atoms with Crippen LogP contribution >= 0.6 is 0 Å². The fourth-order valence-electron chi connectivity index (χ4n) is 3.60. The van der Waals surface area contributed by atoms with Crippen molar-refractivity contribution in [1.82, 2.24) is 4.90 Å². The van der Waals surface area contributed by atoms with Crippen LogP contribution in [0, 0.1) is 0 Å². The van der Waals surface area contributed by atoms with Gasteiger partial charge in [-0.25, -0.2) is 0 Å². The molecular weight excluding hydrogens is 214 g/mol. The Morgan fingerprint density at radius 3 is 2.47 bits per heavy atom. The van der Waals surface area contributed by atoms with Crippen LogP contribution in [0.3, 0.4) is 0 Å². The zero-order chi connectivity index (χ0) is 11.7. The van der Waals surface area contributed by atoms with Gasteiger partial charge in [0.05, 0.1) is 12.1 Å². The molecule has 0 aromatic rings. The molecule has 2 heterocycles. The zero-order valence-corrected chi connectivity index (χ0v) is 10.4. The van der Waals surface area contributed by atoms with E-state index in [1.807, 2.05) is 6.08 Å². The number of hydrogen-bond donors (Lipinski definition) is 0. The summed E-state index contributed by atoms with van der Waals surface area (Å²) in [6.45, 7) is 2.88. The molecule has 3 aliphatic rings. The fraction of sp³-hybridized carbons (Fsp3) is 0.786. The average molecular weight is 235 g/mol. The van der Waals surface area contributed by atoms with Crippen molar-refractivity contribution in [1.29, 1.82) is 0 Å². The van der Waals surface area contributed by atoms with Gasteiger partial charge in [-0.3, -0.25) is 9.69 Å². The minimum atomic E-state index is -0.202. The van der Waals surface area contributed by atoms with Gasteiger partial charge >= 0.3 is 0 Å². The predicted octanol–water partition coefficient (Wildman–Crippen LogP) is 2.27. The van der Waals surface area contributed by atoms with Crippen LogP contribution in [0.4, 0.5) is 0 Å². The highest BCUT2D eigenvalue weighted by Gasteiger charge is 2.48. The lowest BCUT2D eigenvalue weighted by Gasteiger charge is -2.37. The summed E-state index contributed by atoms with van der Waals surface area (Å²) in [5.74, 6) is 0.924. The van der Waals surface area contributed by atoms with Crippen LogP contribution in [0.2, 0.25) is 0 Å². The van der Waals surface area contributed by atoms with Gasteiger partial charge in [0.2, 0.25) is 5.78 Å². The van der Waals surface area contributed by atoms with Crippen molar-refractivity contribution < 1.29 is 9.53 Å². The molecule has 3 nitrogen and oxygen atoms in total. The Hall–Kier alpha value is -0.830. The first-order valence-electron chi connectivity index (χ1n) is 6.96. The smallest absolute Gasteiger partial charge is 0.217 e. The number of rotatable bonds is 3. The van der Waals surface area contributed by atoms with E-state index in [1.165, 1.54) is 25.7 Å². The Morgan fingerprint density at radius 1 is 1.18 bits per heavy atom. The Morgan fingerprint density at radius 2 is 1.88 bits per heavy atom. The van der Waals surface area contributed by atoms with Crippen molar-refractivity contribution in [2.24, 2.45) is 0 Å². The van der Waals surface area contributed by atoms with Crippen molar-refractivity contribution in [3.63, 3.8) is 0 Å². The molecule has 0 N–H and O–H groups in total. The third-order valence-corrected chi connectivity index (χ3v) is 4.49. The van der Waals surface area contributed by atoms with Gasteiger partial charge in [-0.05, 0) is 44.8 Å². The summed E-state index contributed by atoms with van der Waals surface area (Å²) in [4.78, 5) is 15.2. The van der Waals surface area contributed by atoms with E-state index in [9.17, 15) is 4.79 Å². The van der Waals surface area contributed by atoms with Gasteiger partial charge < -0.3 is 4.74 Å². The van der Waals surface area contributed by atoms with Gasteiger partial charge in [0.15, 0.2) is 5.76 Å². The SMILES string of the molecule is O=C(C1=CCCO1)C1(N2CCCC2)CCCC1. The highest BCUT2D eigenvalue weighted by atomic mass is 16.5. The Bertz CT molecular complexity index is 336. The van der Waals surface area contributed by atoms with Gasteiger partial charge in [0.1, 0.15) is 0 Å². The molecule has 3 rings (SSSR count). The number of carbonyl (C=O) groups is 1. The van der Waals surface area contributed by atoms with Gasteiger partial charge in [-0.2, -0.15) is 0 Å². The quantitative estimate of drug-likeness (QED) is 0.751. The molecule has 3 heteroatoms. The summed E-state index contributed by atoms with van der Waals surface area (Å²) in [7, 11) is 0. The number of ketones is 1. The molecule has 2 fully saturated rings. The van der Waals surface area contributed by atoms with E-state index in [-0.39, 0.29) is 11.3 Å². The van der Waals surface area contributed by atoms with Crippen molar-refractivity contribution in [3.05, 3.63) is 11.8 Å². The lowest BCUT2D eigenvalue weighted by Crippen LogP contribution is -2.52. The minimum absolute atomic E-state index is 0.202. The maximum Gasteiger partial charge on any atom is 0.217 e. The summed E-state index contributed by atoms with van der Waals surface area (Å²) >= 11 is 0. The van der Waals surface area contributed by atoms with E-state index in [1.54, 1.807) is 0 Å². The average Bonchev–Trinajstić information content (AvgIpc) is 3.10. The number of likely N-dealkylation sites (tertiary alicyclic amines) is 1. The number of Topliss-reactive ketones (excluding diaryl/α,β-unsaturated/α-hetero) is 1. The molecule has 17 heavy (non-hydrogen) atoms. The molecule has 0 bridgehead atoms. The second-order valence-electron chi connectivity index (χ2n) is 5.47. The summed E-state index contributed by atoms with van der Waals surface area (Å²) in [6, 6.07) is 0. The van der Waals surface area contributed by atoms with Crippen molar-refractivity contribution >= 4 is 5.78 Å². The van der Waals surface area contributed by atoms with Crippen molar-refractivity contribution in [2.45, 2.75) is 50.5 Å². The van der Waals surface area contributed by atoms with Crippen molar-refractivity contribution in [2.75, 3.05) is 19.7 Å². The molecule has 0 aromatic heterocycles. The summed E-state index contributed by atoms with van der Waals surface area (Å²) in [5, 5.41) is 0. The first-order chi connectivity index (χ1) is 8.33. The van der Waals surface area contributed by atoms with Crippen LogP contribution in [-0.2, 0) is 9.53 Å². The van der Waals surface area contributed by atoms with E-state index >= 15 is 0 Å². The van der Waals surface area contributed by atoms with E-state index in [4.69, 9.17) is 4.74 Å². The molecular formula is C14H21NO2. The Labute approximate surface area is 103 Å². The van der Waals surface area contributed by atoms with Crippen LogP contribution in [0.25, 0.3) is 0 Å². The molecule has 0 amide bonds. The molecule has 0 unspecified atom stereocenters. The molecule has 0 aromatic carbocycles. The third kappa shape index (κ3) is 1.81. The standard InChI is InChI=1S/C14H21NO2/c16-13(12-6-5-11-17-12)14(7-1-2-8-14)15-9-3-4-10-15/h6H,1-5,7-11H2. The lowest BCUT2D eigenvalue weighted by molar-refractivity contribution is -0.129. The van der Waals surface area contributed by atoms with Crippen LogP contribution in [0.1, 0.15) is 44.9 Å². The van der Waals surface area contributed by atoms with Crippen molar-refractivity contribution in [3.8, 4) is 0 Å². The molecule has 0 atom stereocenters. The van der Waals surface area contributed by atoms with Crippen LogP contribution in [-0.4, -0.2) is 35.9 Å². The molecule has 1 saturated heterocycles. The maximum absolute atomic E-state index is 12.7. The van der Waals surface area contributed by atoms with E-state index in [0.29, 0.717) is 12.4 Å². The monoisotopic (exact) mass is 235 g/mol. The molecule has 2 aliphatic heterocycles. The van der Waals surface area contributed by atoms with E-state index in [2.05, 4.69) is 4.90 Å². The number of nitrogens with zero attached hydrogens (tertiary/aromatic N) is 1. The molecule has 94 valence electrons. The fourth-order valence-corrected chi connectivity index (χ4v) is 3.60. The second kappa shape index (κ2) is 4.45. The molecule has 0 radical (unpaired) electrons. The van der Waals surface area contributed by atoms with Crippen LogP contribution in [0.5, 0.6) is 0 Å². The summed E-state index contributed by atoms with van der Waals surface area (Å²) in [6.07, 6.45) is 9.82. The molecule has 0 spiro atoms. The molecule has 1 aliphatic carbocycles. The summed E-state index contributed by atoms with van der Waals surface area (Å²) in [5.41, 5.74) is -0.202. The number of ether oxygens (including phenoxy) is 1. The zero-order valence-electron chi connectivity index (χ0n) is 10.4. The van der Waals surface area contributed by atoms with E-state index in [0.717, 1.165) is 32.4 Å². The van der Waals surface area contributed by atoms with Crippen LogP contribution in [0.15, 0.2) is 11.8 Å². The largest absolute Gasteiger partial charge is 0.490 e. The van der Waals surface area contributed by atoms with Gasteiger partial charge in [0.25, 0.3) is 0 Å². The highest BCUT2D eigenvalue weighted by Crippen LogP contribution is 2.40. The van der Waals surface area contributed by atoms with Gasteiger partial charge in [-0.15, -0.1) is 0 Å².